The van der Waals surface area contributed by atoms with Crippen LogP contribution in [0.5, 0.6) is 11.5 Å². The van der Waals surface area contributed by atoms with Gasteiger partial charge in [0.05, 0.1) is 40.8 Å². The van der Waals surface area contributed by atoms with Crippen LogP contribution in [0.4, 0.5) is 5.13 Å². The van der Waals surface area contributed by atoms with Gasteiger partial charge >= 0.3 is 5.91 Å². The minimum Gasteiger partial charge on any atom is -0.507 e. The first kappa shape index (κ1) is 26.4. The van der Waals surface area contributed by atoms with Crippen molar-refractivity contribution in [2.24, 2.45) is 0 Å². The third-order valence-corrected chi connectivity index (χ3v) is 7.62. The van der Waals surface area contributed by atoms with Crippen LogP contribution in [0.15, 0.2) is 66.4 Å². The molecule has 2 aromatic heterocycles. The number of Topliss-reactive ketones (excluding diaryl/α,β-unsaturated/α-hetero) is 1. The van der Waals surface area contributed by atoms with E-state index in [1.807, 2.05) is 31.2 Å². The number of pyridine rings is 1. The minimum absolute atomic E-state index is 0.0719. The summed E-state index contributed by atoms with van der Waals surface area (Å²) < 4.78 is 12.0. The fraction of sp³-hybridized carbons (Fsp3) is 0.267. The third kappa shape index (κ3) is 4.74. The van der Waals surface area contributed by atoms with E-state index in [9.17, 15) is 14.7 Å². The lowest BCUT2D eigenvalue weighted by Gasteiger charge is -2.23. The van der Waals surface area contributed by atoms with Gasteiger partial charge in [0.25, 0.3) is 5.78 Å². The number of hydrogen-bond donors (Lipinski definition) is 1. The molecule has 1 N–H and O–H groups in total. The van der Waals surface area contributed by atoms with Crippen LogP contribution in [-0.2, 0) is 15.0 Å². The van der Waals surface area contributed by atoms with Gasteiger partial charge in [-0.15, -0.1) is 0 Å². The summed E-state index contributed by atoms with van der Waals surface area (Å²) in [5, 5.41) is 12.0. The highest BCUT2D eigenvalue weighted by atomic mass is 32.1. The second-order valence-electron chi connectivity index (χ2n) is 10.1. The highest BCUT2D eigenvalue weighted by Crippen LogP contribution is 2.45. The zero-order chi connectivity index (χ0) is 27.9. The van der Waals surface area contributed by atoms with Gasteiger partial charge in [-0.1, -0.05) is 44.2 Å². The summed E-state index contributed by atoms with van der Waals surface area (Å²) >= 11 is 1.27. The van der Waals surface area contributed by atoms with Crippen LogP contribution < -0.4 is 14.4 Å². The molecule has 1 amide bonds. The molecule has 2 aromatic carbocycles. The lowest BCUT2D eigenvalue weighted by molar-refractivity contribution is -0.132. The fourth-order valence-corrected chi connectivity index (χ4v) is 5.62. The first-order valence-corrected chi connectivity index (χ1v) is 13.4. The number of aromatic nitrogens is 2. The molecule has 1 saturated heterocycles. The highest BCUT2D eigenvalue weighted by molar-refractivity contribution is 7.22. The predicted octanol–water partition coefficient (Wildman–Crippen LogP) is 6.02. The van der Waals surface area contributed by atoms with E-state index in [4.69, 9.17) is 9.47 Å². The zero-order valence-corrected chi connectivity index (χ0v) is 23.2. The Labute approximate surface area is 230 Å². The van der Waals surface area contributed by atoms with Crippen molar-refractivity contribution in [2.75, 3.05) is 18.6 Å². The van der Waals surface area contributed by atoms with Crippen molar-refractivity contribution in [1.29, 1.82) is 0 Å². The lowest BCUT2D eigenvalue weighted by atomic mass is 9.85. The number of aliphatic hydroxyl groups is 1. The van der Waals surface area contributed by atoms with E-state index >= 15 is 0 Å². The Bertz CT molecular complexity index is 1600. The van der Waals surface area contributed by atoms with Crippen molar-refractivity contribution in [3.8, 4) is 11.5 Å². The number of hydrogen-bond acceptors (Lipinski definition) is 8. The lowest BCUT2D eigenvalue weighted by Crippen LogP contribution is -2.29. The summed E-state index contributed by atoms with van der Waals surface area (Å²) in [6, 6.07) is 15.2. The molecule has 9 heteroatoms. The summed E-state index contributed by atoms with van der Waals surface area (Å²) in [6.45, 7) is 8.58. The number of aliphatic hydroxyl groups excluding tert-OH is 1. The Morgan fingerprint density at radius 3 is 2.56 bits per heavy atom. The van der Waals surface area contributed by atoms with Crippen LogP contribution in [-0.4, -0.2) is 40.5 Å². The van der Waals surface area contributed by atoms with Gasteiger partial charge in [-0.3, -0.25) is 19.5 Å². The molecule has 0 radical (unpaired) electrons. The van der Waals surface area contributed by atoms with Crippen LogP contribution in [0.2, 0.25) is 0 Å². The second-order valence-corrected chi connectivity index (χ2v) is 11.2. The first-order chi connectivity index (χ1) is 18.6. The van der Waals surface area contributed by atoms with Gasteiger partial charge in [-0.05, 0) is 60.4 Å². The normalized spacial score (nSPS) is 17.2. The number of ether oxygens (including phenoxy) is 2. The van der Waals surface area contributed by atoms with Crippen LogP contribution in [0.25, 0.3) is 16.0 Å². The van der Waals surface area contributed by atoms with Crippen molar-refractivity contribution in [2.45, 2.75) is 39.2 Å². The number of methoxy groups -OCH3 is 1. The van der Waals surface area contributed by atoms with Crippen LogP contribution in [0, 0.1) is 0 Å². The SMILES string of the molecule is CCOc1ccc2nc(N3C(=O)C(=O)/C(=C(/O)c4cc(C(C)(C)C)ccc4OC)C3c3ccccn3)sc2c1. The third-order valence-electron chi connectivity index (χ3n) is 6.60. The number of rotatable bonds is 6. The monoisotopic (exact) mass is 543 g/mol. The standard InChI is InChI=1S/C30H29N3O5S/c1-6-38-18-11-12-20-23(16-18)39-29(32-20)33-25(21-9-7-8-14-31-21)24(27(35)28(33)36)26(34)19-15-17(30(2,3)4)10-13-22(19)37-5/h7-16,25,34H,6H2,1-5H3/b26-24+. The minimum atomic E-state index is -0.985. The Morgan fingerprint density at radius 2 is 1.90 bits per heavy atom. The second kappa shape index (κ2) is 10.1. The highest BCUT2D eigenvalue weighted by Gasteiger charge is 2.49. The molecule has 1 unspecified atom stereocenters. The quantitative estimate of drug-likeness (QED) is 0.180. The number of carbonyl (C=O) groups is 2. The molecule has 1 fully saturated rings. The van der Waals surface area contributed by atoms with Crippen LogP contribution in [0.1, 0.15) is 50.6 Å². The summed E-state index contributed by atoms with van der Waals surface area (Å²) in [5.41, 5.74) is 2.06. The Morgan fingerprint density at radius 1 is 1.10 bits per heavy atom. The molecule has 0 aliphatic carbocycles. The maximum Gasteiger partial charge on any atom is 0.301 e. The maximum absolute atomic E-state index is 13.6. The molecule has 0 spiro atoms. The number of amides is 1. The molecule has 0 saturated carbocycles. The summed E-state index contributed by atoms with van der Waals surface area (Å²) in [6.07, 6.45) is 1.59. The molecular weight excluding hydrogens is 514 g/mol. The number of ketones is 1. The molecular formula is C30H29N3O5S. The molecule has 5 rings (SSSR count). The van der Waals surface area contributed by atoms with E-state index in [1.54, 1.807) is 36.5 Å². The number of nitrogens with zero attached hydrogens (tertiary/aromatic N) is 3. The molecule has 1 aliphatic rings. The van der Waals surface area contributed by atoms with Gasteiger partial charge < -0.3 is 14.6 Å². The van der Waals surface area contributed by atoms with Gasteiger partial charge in [0, 0.05) is 6.20 Å². The number of carbonyl (C=O) groups excluding carboxylic acids is 2. The number of benzene rings is 2. The van der Waals surface area contributed by atoms with E-state index < -0.39 is 17.7 Å². The molecule has 39 heavy (non-hydrogen) atoms. The average Bonchev–Trinajstić information content (AvgIpc) is 3.45. The van der Waals surface area contributed by atoms with E-state index in [0.29, 0.717) is 40.0 Å². The Hall–Kier alpha value is -4.24. The molecule has 1 atom stereocenters. The van der Waals surface area contributed by atoms with Crippen molar-refractivity contribution in [1.82, 2.24) is 9.97 Å². The number of anilines is 1. The Balaban J connectivity index is 1.72. The van der Waals surface area contributed by atoms with Gasteiger partial charge in [-0.2, -0.15) is 0 Å². The van der Waals surface area contributed by atoms with Gasteiger partial charge in [0.15, 0.2) is 5.13 Å². The van der Waals surface area contributed by atoms with Gasteiger partial charge in [0.1, 0.15) is 23.3 Å². The van der Waals surface area contributed by atoms with Gasteiger partial charge in [0.2, 0.25) is 0 Å². The number of fused-ring (bicyclic) bond motifs is 1. The zero-order valence-electron chi connectivity index (χ0n) is 22.4. The molecule has 8 nitrogen and oxygen atoms in total. The van der Waals surface area contributed by atoms with Crippen LogP contribution >= 0.6 is 11.3 Å². The largest absolute Gasteiger partial charge is 0.507 e. The molecule has 1 aliphatic heterocycles. The van der Waals surface area contributed by atoms with Gasteiger partial charge in [-0.25, -0.2) is 4.98 Å². The topological polar surface area (TPSA) is 102 Å². The summed E-state index contributed by atoms with van der Waals surface area (Å²) in [5.74, 6) is -0.860. The van der Waals surface area contributed by atoms with E-state index in [-0.39, 0.29) is 16.7 Å². The van der Waals surface area contributed by atoms with Crippen LogP contribution in [0.3, 0.4) is 0 Å². The smallest absolute Gasteiger partial charge is 0.301 e. The average molecular weight is 544 g/mol. The van der Waals surface area contributed by atoms with Crippen molar-refractivity contribution in [3.05, 3.63) is 83.2 Å². The van der Waals surface area contributed by atoms with E-state index in [1.165, 1.54) is 23.3 Å². The van der Waals surface area contributed by atoms with Crippen molar-refractivity contribution in [3.63, 3.8) is 0 Å². The van der Waals surface area contributed by atoms with E-state index in [0.717, 1.165) is 10.3 Å². The predicted molar refractivity (Wildman–Crippen MR) is 152 cm³/mol. The first-order valence-electron chi connectivity index (χ1n) is 12.6. The van der Waals surface area contributed by atoms with Crippen molar-refractivity contribution >= 4 is 44.1 Å². The van der Waals surface area contributed by atoms with Crippen molar-refractivity contribution < 1.29 is 24.2 Å². The Kier molecular flexibility index (Phi) is 6.86. The summed E-state index contributed by atoms with van der Waals surface area (Å²) in [7, 11) is 1.50. The fourth-order valence-electron chi connectivity index (χ4n) is 4.60. The molecule has 3 heterocycles. The van der Waals surface area contributed by atoms with E-state index in [2.05, 4.69) is 30.7 Å². The molecule has 200 valence electrons. The molecule has 4 aromatic rings. The number of thiazole rings is 1. The summed E-state index contributed by atoms with van der Waals surface area (Å²) in [4.78, 5) is 37.6. The molecule has 0 bridgehead atoms. The maximum atomic E-state index is 13.6.